The van der Waals surface area contributed by atoms with Gasteiger partial charge in [0.15, 0.2) is 5.82 Å². The molecule has 0 bridgehead atoms. The smallest absolute Gasteiger partial charge is 0.158 e. The summed E-state index contributed by atoms with van der Waals surface area (Å²) in [6, 6.07) is 8.29. The molecule has 4 rings (SSSR count). The minimum atomic E-state index is -0.736. The molecule has 0 unspecified atom stereocenters. The molecular weight excluding hydrogens is 358 g/mol. The van der Waals surface area contributed by atoms with Gasteiger partial charge in [-0.2, -0.15) is 10.5 Å². The van der Waals surface area contributed by atoms with E-state index < -0.39 is 11.6 Å². The minimum Gasteiger partial charge on any atom is -0.342 e. The Kier molecular flexibility index (Phi) is 4.20. The summed E-state index contributed by atoms with van der Waals surface area (Å²) in [5.41, 5.74) is 2.14. The predicted molar refractivity (Wildman–Crippen MR) is 102 cm³/mol. The molecule has 1 aliphatic carbocycles. The topological polar surface area (TPSA) is 63.7 Å². The number of nitriles is 2. The van der Waals surface area contributed by atoms with E-state index in [0.717, 1.165) is 12.8 Å². The second-order valence-electron chi connectivity index (χ2n) is 7.05. The fourth-order valence-electron chi connectivity index (χ4n) is 3.65. The summed E-state index contributed by atoms with van der Waals surface area (Å²) >= 11 is 0. The number of rotatable bonds is 2. The zero-order valence-corrected chi connectivity index (χ0v) is 15.4. The fourth-order valence-corrected chi connectivity index (χ4v) is 3.65. The molecule has 1 aromatic carbocycles. The number of hydrogen-bond acceptors (Lipinski definition) is 4. The van der Waals surface area contributed by atoms with Gasteiger partial charge in [0.25, 0.3) is 0 Å². The molecule has 0 saturated heterocycles. The molecule has 0 N–H and O–H groups in total. The van der Waals surface area contributed by atoms with Crippen LogP contribution >= 0.6 is 0 Å². The van der Waals surface area contributed by atoms with Crippen LogP contribution in [-0.2, 0) is 0 Å². The van der Waals surface area contributed by atoms with Crippen LogP contribution in [0.2, 0.25) is 0 Å². The Morgan fingerprint density at radius 3 is 2.32 bits per heavy atom. The van der Waals surface area contributed by atoms with Crippen molar-refractivity contribution in [3.05, 3.63) is 64.6 Å². The third-order valence-corrected chi connectivity index (χ3v) is 4.95. The third kappa shape index (κ3) is 2.84. The number of fused-ring (bicyclic) bond motifs is 1. The Hall–Kier alpha value is -3.51. The number of aromatic nitrogens is 1. The second-order valence-corrected chi connectivity index (χ2v) is 7.05. The Labute approximate surface area is 161 Å². The van der Waals surface area contributed by atoms with E-state index in [4.69, 9.17) is 0 Å². The number of hydrogen-bond donors (Lipinski definition) is 0. The SMILES string of the molecule is Cc1cc(-c2c(F)cc3c(c2F)N(C2CC2)C=CC3=C(C#N)C#N)cc(C)n1. The van der Waals surface area contributed by atoms with Crippen LogP contribution in [0.15, 0.2) is 36.0 Å². The van der Waals surface area contributed by atoms with Crippen molar-refractivity contribution in [3.8, 4) is 23.3 Å². The van der Waals surface area contributed by atoms with E-state index in [1.54, 1.807) is 43.2 Å². The first-order valence-electron chi connectivity index (χ1n) is 8.93. The molecule has 0 radical (unpaired) electrons. The number of nitrogens with zero attached hydrogens (tertiary/aromatic N) is 4. The number of pyridine rings is 1. The summed E-state index contributed by atoms with van der Waals surface area (Å²) in [5, 5.41) is 18.5. The van der Waals surface area contributed by atoms with Crippen LogP contribution in [0.4, 0.5) is 14.5 Å². The molecule has 1 saturated carbocycles. The maximum absolute atomic E-state index is 15.7. The minimum absolute atomic E-state index is 0.122. The molecule has 0 spiro atoms. The summed E-state index contributed by atoms with van der Waals surface area (Å²) in [6.45, 7) is 3.55. The van der Waals surface area contributed by atoms with Crippen LogP contribution in [0.1, 0.15) is 29.8 Å². The first-order chi connectivity index (χ1) is 13.4. The molecule has 28 heavy (non-hydrogen) atoms. The van der Waals surface area contributed by atoms with Crippen LogP contribution in [-0.4, -0.2) is 11.0 Å². The van der Waals surface area contributed by atoms with E-state index in [1.165, 1.54) is 6.07 Å². The van der Waals surface area contributed by atoms with Gasteiger partial charge in [0.05, 0.1) is 11.3 Å². The Morgan fingerprint density at radius 1 is 1.11 bits per heavy atom. The van der Waals surface area contributed by atoms with Crippen molar-refractivity contribution < 1.29 is 8.78 Å². The van der Waals surface area contributed by atoms with Crippen molar-refractivity contribution in [3.63, 3.8) is 0 Å². The van der Waals surface area contributed by atoms with Gasteiger partial charge >= 0.3 is 0 Å². The molecule has 1 fully saturated rings. The van der Waals surface area contributed by atoms with E-state index in [1.807, 2.05) is 12.1 Å². The van der Waals surface area contributed by atoms with Crippen molar-refractivity contribution >= 4 is 11.3 Å². The van der Waals surface area contributed by atoms with Crippen LogP contribution in [0.3, 0.4) is 0 Å². The number of allylic oxidation sites excluding steroid dienone is 3. The highest BCUT2D eigenvalue weighted by Crippen LogP contribution is 2.45. The Balaban J connectivity index is 2.03. The van der Waals surface area contributed by atoms with Gasteiger partial charge in [-0.05, 0) is 56.5 Å². The zero-order chi connectivity index (χ0) is 20.0. The lowest BCUT2D eigenvalue weighted by molar-refractivity contribution is 0.586. The largest absolute Gasteiger partial charge is 0.342 e. The summed E-state index contributed by atoms with van der Waals surface area (Å²) in [6.07, 6.45) is 5.08. The predicted octanol–water partition coefficient (Wildman–Crippen LogP) is 4.94. The monoisotopic (exact) mass is 374 g/mol. The van der Waals surface area contributed by atoms with E-state index in [-0.39, 0.29) is 34.0 Å². The van der Waals surface area contributed by atoms with E-state index in [9.17, 15) is 10.5 Å². The van der Waals surface area contributed by atoms with Crippen molar-refractivity contribution in [1.82, 2.24) is 4.98 Å². The number of aryl methyl sites for hydroxylation is 2. The van der Waals surface area contributed by atoms with Gasteiger partial charge in [-0.25, -0.2) is 8.78 Å². The molecule has 2 heterocycles. The second kappa shape index (κ2) is 6.58. The highest BCUT2D eigenvalue weighted by molar-refractivity contribution is 5.93. The normalized spacial score (nSPS) is 15.1. The Morgan fingerprint density at radius 2 is 1.75 bits per heavy atom. The van der Waals surface area contributed by atoms with Crippen LogP contribution < -0.4 is 4.90 Å². The van der Waals surface area contributed by atoms with Gasteiger partial charge < -0.3 is 4.90 Å². The number of benzene rings is 1. The molecule has 2 aromatic rings. The summed E-state index contributed by atoms with van der Waals surface area (Å²) in [4.78, 5) is 6.05. The lowest BCUT2D eigenvalue weighted by Gasteiger charge is -2.29. The molecule has 0 amide bonds. The summed E-state index contributed by atoms with van der Waals surface area (Å²) in [7, 11) is 0. The quantitative estimate of drug-likeness (QED) is 0.699. The molecule has 1 aromatic heterocycles. The van der Waals surface area contributed by atoms with Crippen molar-refractivity contribution in [1.29, 1.82) is 10.5 Å². The molecular formula is C22H16F2N4. The molecule has 4 nitrogen and oxygen atoms in total. The first kappa shape index (κ1) is 17.9. The van der Waals surface area contributed by atoms with Gasteiger partial charge in [-0.3, -0.25) is 4.98 Å². The zero-order valence-electron chi connectivity index (χ0n) is 15.4. The molecule has 1 aliphatic heterocycles. The highest BCUT2D eigenvalue weighted by Gasteiger charge is 2.35. The maximum Gasteiger partial charge on any atom is 0.158 e. The van der Waals surface area contributed by atoms with E-state index >= 15 is 8.78 Å². The van der Waals surface area contributed by atoms with Crippen molar-refractivity contribution in [2.75, 3.05) is 4.90 Å². The molecule has 0 atom stereocenters. The number of halogens is 2. The van der Waals surface area contributed by atoms with E-state index in [2.05, 4.69) is 4.98 Å². The lowest BCUT2D eigenvalue weighted by atomic mass is 9.91. The summed E-state index contributed by atoms with van der Waals surface area (Å²) in [5.74, 6) is -1.43. The van der Waals surface area contributed by atoms with Crippen molar-refractivity contribution in [2.45, 2.75) is 32.7 Å². The fraction of sp³-hybridized carbons (Fsp3) is 0.227. The highest BCUT2D eigenvalue weighted by atomic mass is 19.1. The molecule has 2 aliphatic rings. The van der Waals surface area contributed by atoms with Gasteiger partial charge in [0, 0.05) is 34.8 Å². The Bertz CT molecular complexity index is 1110. The standard InChI is InChI=1S/C22H16F2N4/c1-12-7-14(8-13(2)27-12)20-19(23)9-18-17(15(10-25)11-26)5-6-28(16-3-4-16)22(18)21(20)24/h5-9,16H,3-4H2,1-2H3. The van der Waals surface area contributed by atoms with Gasteiger partial charge in [0.1, 0.15) is 23.5 Å². The lowest BCUT2D eigenvalue weighted by Crippen LogP contribution is -2.24. The average molecular weight is 374 g/mol. The van der Waals surface area contributed by atoms with Gasteiger partial charge in [0.2, 0.25) is 0 Å². The van der Waals surface area contributed by atoms with Crippen LogP contribution in [0.5, 0.6) is 0 Å². The molecule has 6 heteroatoms. The third-order valence-electron chi connectivity index (χ3n) is 4.95. The van der Waals surface area contributed by atoms with E-state index in [0.29, 0.717) is 17.0 Å². The van der Waals surface area contributed by atoms with Crippen LogP contribution in [0.25, 0.3) is 16.7 Å². The number of anilines is 1. The van der Waals surface area contributed by atoms with Crippen LogP contribution in [0, 0.1) is 48.1 Å². The molecule has 138 valence electrons. The summed E-state index contributed by atoms with van der Waals surface area (Å²) < 4.78 is 30.8. The van der Waals surface area contributed by atoms with Gasteiger partial charge in [-0.1, -0.05) is 0 Å². The van der Waals surface area contributed by atoms with Crippen molar-refractivity contribution in [2.24, 2.45) is 0 Å². The average Bonchev–Trinajstić information content (AvgIpc) is 3.47. The maximum atomic E-state index is 15.7. The first-order valence-corrected chi connectivity index (χ1v) is 8.93. The van der Waals surface area contributed by atoms with Gasteiger partial charge in [-0.15, -0.1) is 0 Å².